The van der Waals surface area contributed by atoms with E-state index in [0.29, 0.717) is 31.7 Å². The molecule has 1 amide bonds. The summed E-state index contributed by atoms with van der Waals surface area (Å²) in [5.41, 5.74) is 0.937. The highest BCUT2D eigenvalue weighted by Gasteiger charge is 2.23. The van der Waals surface area contributed by atoms with Crippen LogP contribution in [0.4, 0.5) is 14.5 Å². The molecule has 1 aliphatic rings. The highest BCUT2D eigenvalue weighted by atomic mass is 19.1. The van der Waals surface area contributed by atoms with Gasteiger partial charge < -0.3 is 15.0 Å². The van der Waals surface area contributed by atoms with Crippen LogP contribution < -0.4 is 15.8 Å². The molecule has 0 aliphatic carbocycles. The second-order valence-electron chi connectivity index (χ2n) is 7.48. The summed E-state index contributed by atoms with van der Waals surface area (Å²) >= 11 is 0. The molecule has 1 atom stereocenters. The van der Waals surface area contributed by atoms with E-state index in [9.17, 15) is 18.4 Å². The molecule has 1 aromatic heterocycles. The fourth-order valence-electron chi connectivity index (χ4n) is 3.66. The second kappa shape index (κ2) is 10.3. The molecular formula is C21H26F2N4O3. The number of methoxy groups -OCH3 is 1. The Bertz CT molecular complexity index is 914. The molecule has 2 aromatic rings. The molecule has 9 heteroatoms. The first-order chi connectivity index (χ1) is 14.4. The predicted molar refractivity (Wildman–Crippen MR) is 108 cm³/mol. The van der Waals surface area contributed by atoms with Gasteiger partial charge in [-0.05, 0) is 36.5 Å². The van der Waals surface area contributed by atoms with Crippen molar-refractivity contribution in [1.82, 2.24) is 15.1 Å². The van der Waals surface area contributed by atoms with Crippen LogP contribution in [0, 0.1) is 17.6 Å². The van der Waals surface area contributed by atoms with Crippen molar-refractivity contribution in [1.29, 1.82) is 0 Å². The summed E-state index contributed by atoms with van der Waals surface area (Å²) in [6.07, 6.45) is 3.78. The molecule has 3 rings (SSSR count). The lowest BCUT2D eigenvalue weighted by atomic mass is 9.94. The van der Waals surface area contributed by atoms with Gasteiger partial charge in [0, 0.05) is 45.3 Å². The first-order valence-corrected chi connectivity index (χ1v) is 9.97. The van der Waals surface area contributed by atoms with Gasteiger partial charge in [-0.15, -0.1) is 0 Å². The molecule has 0 saturated carbocycles. The number of carbonyl (C=O) groups is 1. The third-order valence-corrected chi connectivity index (χ3v) is 5.13. The summed E-state index contributed by atoms with van der Waals surface area (Å²) in [6.45, 7) is 2.33. The van der Waals surface area contributed by atoms with Gasteiger partial charge in [-0.3, -0.25) is 9.59 Å². The number of aromatic nitrogens is 2. The smallest absolute Gasteiger partial charge is 0.268 e. The average molecular weight is 420 g/mol. The van der Waals surface area contributed by atoms with Crippen LogP contribution in [0.5, 0.6) is 0 Å². The molecule has 1 fully saturated rings. The molecule has 1 unspecified atom stereocenters. The van der Waals surface area contributed by atoms with Crippen molar-refractivity contribution in [2.45, 2.75) is 32.4 Å². The van der Waals surface area contributed by atoms with Crippen LogP contribution in [0.15, 0.2) is 35.3 Å². The van der Waals surface area contributed by atoms with Crippen LogP contribution in [0.3, 0.4) is 0 Å². The number of hydrogen-bond donors (Lipinski definition) is 1. The molecular weight excluding hydrogens is 394 g/mol. The highest BCUT2D eigenvalue weighted by Crippen LogP contribution is 2.23. The number of nitrogens with zero attached hydrogens (tertiary/aromatic N) is 3. The number of nitrogens with one attached hydrogen (secondary N) is 1. The van der Waals surface area contributed by atoms with Crippen LogP contribution in [0.2, 0.25) is 0 Å². The topological polar surface area (TPSA) is 76.5 Å². The van der Waals surface area contributed by atoms with E-state index in [2.05, 4.69) is 15.3 Å². The molecule has 0 spiro atoms. The Morgan fingerprint density at radius 1 is 1.27 bits per heavy atom. The molecule has 1 aromatic carbocycles. The number of anilines is 1. The van der Waals surface area contributed by atoms with Crippen molar-refractivity contribution in [3.05, 3.63) is 58.0 Å². The monoisotopic (exact) mass is 420 g/mol. The highest BCUT2D eigenvalue weighted by molar-refractivity contribution is 5.76. The number of carbonyl (C=O) groups excluding carboxylic acids is 1. The lowest BCUT2D eigenvalue weighted by Crippen LogP contribution is -2.39. The Labute approximate surface area is 173 Å². The molecule has 30 heavy (non-hydrogen) atoms. The Balaban J connectivity index is 1.53. The fourth-order valence-corrected chi connectivity index (χ4v) is 3.66. The number of benzene rings is 1. The lowest BCUT2D eigenvalue weighted by molar-refractivity contribution is -0.122. The predicted octanol–water partition coefficient (Wildman–Crippen LogP) is 2.09. The second-order valence-corrected chi connectivity index (χ2v) is 7.48. The van der Waals surface area contributed by atoms with E-state index in [1.54, 1.807) is 19.4 Å². The molecule has 2 heterocycles. The first-order valence-electron chi connectivity index (χ1n) is 9.97. The van der Waals surface area contributed by atoms with E-state index in [4.69, 9.17) is 4.74 Å². The molecule has 1 saturated heterocycles. The van der Waals surface area contributed by atoms with Gasteiger partial charge in [0.15, 0.2) is 0 Å². The van der Waals surface area contributed by atoms with Gasteiger partial charge >= 0.3 is 0 Å². The number of hydrogen-bond acceptors (Lipinski definition) is 5. The van der Waals surface area contributed by atoms with Crippen molar-refractivity contribution in [2.75, 3.05) is 31.7 Å². The van der Waals surface area contributed by atoms with Gasteiger partial charge in [0.2, 0.25) is 5.91 Å². The minimum absolute atomic E-state index is 0.0770. The summed E-state index contributed by atoms with van der Waals surface area (Å²) in [6, 6.07) is 4.76. The summed E-state index contributed by atoms with van der Waals surface area (Å²) in [4.78, 5) is 26.6. The van der Waals surface area contributed by atoms with E-state index < -0.39 is 11.6 Å². The summed E-state index contributed by atoms with van der Waals surface area (Å²) in [5.74, 6) is -1.38. The van der Waals surface area contributed by atoms with Gasteiger partial charge in [-0.2, -0.15) is 5.10 Å². The van der Waals surface area contributed by atoms with Gasteiger partial charge in [0.1, 0.15) is 11.6 Å². The zero-order valence-corrected chi connectivity index (χ0v) is 16.9. The van der Waals surface area contributed by atoms with Crippen LogP contribution >= 0.6 is 0 Å². The lowest BCUT2D eigenvalue weighted by Gasteiger charge is -2.34. The van der Waals surface area contributed by atoms with Crippen LogP contribution in [0.1, 0.15) is 24.8 Å². The van der Waals surface area contributed by atoms with E-state index in [0.717, 1.165) is 31.1 Å². The Kier molecular flexibility index (Phi) is 7.51. The van der Waals surface area contributed by atoms with Crippen LogP contribution in [-0.2, 0) is 22.6 Å². The SMILES string of the molecule is COCCn1ncc(N2CCCC(CC(=O)NCc3cc(F)cc(F)c3)C2)cc1=O. The molecule has 7 nitrogen and oxygen atoms in total. The molecule has 0 radical (unpaired) electrons. The Morgan fingerprint density at radius 2 is 2.03 bits per heavy atom. The Morgan fingerprint density at radius 3 is 2.73 bits per heavy atom. The zero-order valence-electron chi connectivity index (χ0n) is 16.9. The van der Waals surface area contributed by atoms with Crippen LogP contribution in [0.25, 0.3) is 0 Å². The average Bonchev–Trinajstić information content (AvgIpc) is 2.71. The largest absolute Gasteiger partial charge is 0.383 e. The number of halogens is 2. The van der Waals surface area contributed by atoms with Gasteiger partial charge in [0.25, 0.3) is 5.56 Å². The molecule has 162 valence electrons. The third kappa shape index (κ3) is 6.09. The number of piperidine rings is 1. The summed E-state index contributed by atoms with van der Waals surface area (Å²) in [7, 11) is 1.57. The minimum Gasteiger partial charge on any atom is -0.383 e. The van der Waals surface area contributed by atoms with E-state index >= 15 is 0 Å². The number of rotatable bonds is 8. The molecule has 1 aliphatic heterocycles. The summed E-state index contributed by atoms with van der Waals surface area (Å²) < 4.78 is 32.8. The zero-order chi connectivity index (χ0) is 21.5. The maximum absolute atomic E-state index is 13.3. The summed E-state index contributed by atoms with van der Waals surface area (Å²) in [5, 5.41) is 6.92. The fraction of sp³-hybridized carbons (Fsp3) is 0.476. The van der Waals surface area contributed by atoms with Crippen molar-refractivity contribution in [3.63, 3.8) is 0 Å². The van der Waals surface area contributed by atoms with Gasteiger partial charge in [-0.25, -0.2) is 13.5 Å². The third-order valence-electron chi connectivity index (χ3n) is 5.13. The maximum Gasteiger partial charge on any atom is 0.268 e. The van der Waals surface area contributed by atoms with E-state index in [1.807, 2.05) is 0 Å². The molecule has 0 bridgehead atoms. The first kappa shape index (κ1) is 21.9. The van der Waals surface area contributed by atoms with E-state index in [-0.39, 0.29) is 23.9 Å². The minimum atomic E-state index is -0.667. The van der Waals surface area contributed by atoms with Crippen molar-refractivity contribution >= 4 is 11.6 Å². The number of amides is 1. The van der Waals surface area contributed by atoms with Crippen molar-refractivity contribution in [2.24, 2.45) is 5.92 Å². The number of ether oxygens (including phenoxy) is 1. The Hall–Kier alpha value is -2.81. The van der Waals surface area contributed by atoms with Crippen molar-refractivity contribution in [3.8, 4) is 0 Å². The maximum atomic E-state index is 13.3. The van der Waals surface area contributed by atoms with Crippen molar-refractivity contribution < 1.29 is 18.3 Å². The standard InChI is InChI=1S/C21H26F2N4O3/c1-30-6-5-27-21(29)11-19(13-25-27)26-4-2-3-15(14-26)9-20(28)24-12-16-7-17(22)10-18(23)8-16/h7-8,10-11,13,15H,2-6,9,12,14H2,1H3,(H,24,28). The van der Waals surface area contributed by atoms with Gasteiger partial charge in [-0.1, -0.05) is 0 Å². The van der Waals surface area contributed by atoms with Crippen LogP contribution in [-0.4, -0.2) is 42.5 Å². The van der Waals surface area contributed by atoms with E-state index in [1.165, 1.54) is 16.8 Å². The normalized spacial score (nSPS) is 16.5. The van der Waals surface area contributed by atoms with Gasteiger partial charge in [0.05, 0.1) is 25.0 Å². The quantitative estimate of drug-likeness (QED) is 0.708. The molecule has 1 N–H and O–H groups in total.